The van der Waals surface area contributed by atoms with Crippen LogP contribution in [0.3, 0.4) is 0 Å². The zero-order chi connectivity index (χ0) is 10.3. The third-order valence-corrected chi connectivity index (χ3v) is 1.78. The molecule has 0 aromatic carbocycles. The maximum absolute atomic E-state index is 10.6. The van der Waals surface area contributed by atoms with Crippen LogP contribution in [0.4, 0.5) is 0 Å². The van der Waals surface area contributed by atoms with E-state index in [1.807, 2.05) is 6.92 Å². The Morgan fingerprint density at radius 1 is 1.62 bits per heavy atom. The Kier molecular flexibility index (Phi) is 5.88. The summed E-state index contributed by atoms with van der Waals surface area (Å²) in [7, 11) is 0. The van der Waals surface area contributed by atoms with E-state index in [4.69, 9.17) is 10.3 Å². The molecule has 0 aromatic heterocycles. The van der Waals surface area contributed by atoms with Gasteiger partial charge < -0.3 is 5.11 Å². The van der Waals surface area contributed by atoms with Crippen LogP contribution in [-0.2, 0) is 9.59 Å². The third kappa shape index (κ3) is 5.19. The van der Waals surface area contributed by atoms with Crippen molar-refractivity contribution in [1.82, 2.24) is 5.06 Å². The van der Waals surface area contributed by atoms with Gasteiger partial charge in [-0.3, -0.25) is 14.8 Å². The molecular weight excluding hydrogens is 174 g/mol. The lowest BCUT2D eigenvalue weighted by atomic mass is 10.0. The Labute approximate surface area is 76.9 Å². The predicted octanol–water partition coefficient (Wildman–Crippen LogP) is 0.725. The topological polar surface area (TPSA) is 77.8 Å². The average Bonchev–Trinajstić information content (AvgIpc) is 2.11. The highest BCUT2D eigenvalue weighted by atomic mass is 16.5. The number of carbonyl (C=O) groups is 2. The second-order valence-electron chi connectivity index (χ2n) is 2.90. The summed E-state index contributed by atoms with van der Waals surface area (Å²) in [5.41, 5.74) is 0. The molecule has 0 aromatic rings. The molecule has 1 amide bonds. The van der Waals surface area contributed by atoms with Crippen LogP contribution in [0, 0.1) is 5.92 Å². The van der Waals surface area contributed by atoms with Gasteiger partial charge in [0.2, 0.25) is 6.41 Å². The van der Waals surface area contributed by atoms with Gasteiger partial charge in [-0.05, 0) is 6.42 Å². The van der Waals surface area contributed by atoms with Crippen molar-refractivity contribution in [1.29, 1.82) is 0 Å². The molecule has 0 rings (SSSR count). The highest BCUT2D eigenvalue weighted by Gasteiger charge is 2.18. The van der Waals surface area contributed by atoms with Crippen LogP contribution in [0.25, 0.3) is 0 Å². The fourth-order valence-electron chi connectivity index (χ4n) is 1.01. The van der Waals surface area contributed by atoms with Crippen LogP contribution in [-0.4, -0.2) is 34.3 Å². The molecule has 0 saturated heterocycles. The lowest BCUT2D eigenvalue weighted by Crippen LogP contribution is -2.29. The second kappa shape index (κ2) is 6.42. The van der Waals surface area contributed by atoms with Gasteiger partial charge in [-0.2, -0.15) is 0 Å². The van der Waals surface area contributed by atoms with E-state index >= 15 is 0 Å². The summed E-state index contributed by atoms with van der Waals surface area (Å²) in [4.78, 5) is 20.6. The first-order valence-corrected chi connectivity index (χ1v) is 4.25. The van der Waals surface area contributed by atoms with Gasteiger partial charge in [0.25, 0.3) is 0 Å². The number of rotatable bonds is 7. The number of hydrogen-bond acceptors (Lipinski definition) is 3. The average molecular weight is 189 g/mol. The molecule has 1 unspecified atom stereocenters. The molecule has 5 nitrogen and oxygen atoms in total. The normalized spacial score (nSPS) is 12.2. The van der Waals surface area contributed by atoms with Crippen LogP contribution >= 0.6 is 0 Å². The summed E-state index contributed by atoms with van der Waals surface area (Å²) in [5, 5.41) is 17.8. The summed E-state index contributed by atoms with van der Waals surface area (Å²) in [6.07, 6.45) is 2.37. The Balaban J connectivity index is 3.94. The zero-order valence-corrected chi connectivity index (χ0v) is 7.64. The van der Waals surface area contributed by atoms with Crippen LogP contribution in [0.2, 0.25) is 0 Å². The first kappa shape index (κ1) is 11.9. The van der Waals surface area contributed by atoms with Crippen molar-refractivity contribution in [3.63, 3.8) is 0 Å². The SMILES string of the molecule is CCCCC(CN(O)C=O)C(=O)O. The number of carbonyl (C=O) groups excluding carboxylic acids is 1. The van der Waals surface area contributed by atoms with E-state index in [1.54, 1.807) is 0 Å². The van der Waals surface area contributed by atoms with Gasteiger partial charge in [0.05, 0.1) is 12.5 Å². The third-order valence-electron chi connectivity index (χ3n) is 1.78. The van der Waals surface area contributed by atoms with Crippen molar-refractivity contribution >= 4 is 12.4 Å². The molecule has 0 bridgehead atoms. The van der Waals surface area contributed by atoms with Crippen molar-refractivity contribution in [2.24, 2.45) is 5.92 Å². The van der Waals surface area contributed by atoms with Gasteiger partial charge in [0.15, 0.2) is 0 Å². The summed E-state index contributed by atoms with van der Waals surface area (Å²) >= 11 is 0. The van der Waals surface area contributed by atoms with Gasteiger partial charge in [-0.1, -0.05) is 19.8 Å². The van der Waals surface area contributed by atoms with Crippen LogP contribution in [0.15, 0.2) is 0 Å². The maximum Gasteiger partial charge on any atom is 0.308 e. The minimum absolute atomic E-state index is 0.140. The van der Waals surface area contributed by atoms with Crippen molar-refractivity contribution in [2.45, 2.75) is 26.2 Å². The number of hydroxylamine groups is 2. The van der Waals surface area contributed by atoms with Gasteiger partial charge in [-0.25, -0.2) is 5.06 Å². The second-order valence-corrected chi connectivity index (χ2v) is 2.90. The smallest absolute Gasteiger partial charge is 0.308 e. The van der Waals surface area contributed by atoms with E-state index < -0.39 is 11.9 Å². The van der Waals surface area contributed by atoms with Gasteiger partial charge in [0, 0.05) is 0 Å². The number of carboxylic acid groups (broad SMARTS) is 1. The van der Waals surface area contributed by atoms with E-state index in [2.05, 4.69) is 0 Å². The van der Waals surface area contributed by atoms with E-state index in [9.17, 15) is 9.59 Å². The first-order chi connectivity index (χ1) is 6.11. The van der Waals surface area contributed by atoms with Crippen LogP contribution < -0.4 is 0 Å². The number of nitrogens with zero attached hydrogens (tertiary/aromatic N) is 1. The number of carboxylic acids is 1. The largest absolute Gasteiger partial charge is 0.481 e. The molecule has 0 radical (unpaired) electrons. The molecule has 1 atom stereocenters. The number of aliphatic carboxylic acids is 1. The van der Waals surface area contributed by atoms with E-state index in [1.165, 1.54) is 0 Å². The highest BCUT2D eigenvalue weighted by molar-refractivity contribution is 5.70. The summed E-state index contributed by atoms with van der Waals surface area (Å²) in [6.45, 7) is 1.81. The quantitative estimate of drug-likeness (QED) is 0.351. The molecule has 0 saturated carbocycles. The molecule has 0 aliphatic rings. The monoisotopic (exact) mass is 189 g/mol. The number of unbranched alkanes of at least 4 members (excludes halogenated alkanes) is 1. The standard InChI is InChI=1S/C8H15NO4/c1-2-3-4-7(8(11)12)5-9(13)6-10/h6-7,13H,2-5H2,1H3,(H,11,12). The first-order valence-electron chi connectivity index (χ1n) is 4.25. The summed E-state index contributed by atoms with van der Waals surface area (Å²) in [5.74, 6) is -1.65. The van der Waals surface area contributed by atoms with Crippen molar-refractivity contribution in [2.75, 3.05) is 6.54 Å². The van der Waals surface area contributed by atoms with Crippen LogP contribution in [0.5, 0.6) is 0 Å². The van der Waals surface area contributed by atoms with Crippen LogP contribution in [0.1, 0.15) is 26.2 Å². The highest BCUT2D eigenvalue weighted by Crippen LogP contribution is 2.09. The molecular formula is C8H15NO4. The Morgan fingerprint density at radius 2 is 2.23 bits per heavy atom. The maximum atomic E-state index is 10.6. The van der Waals surface area contributed by atoms with E-state index in [0.29, 0.717) is 11.5 Å². The van der Waals surface area contributed by atoms with Crippen molar-refractivity contribution in [3.05, 3.63) is 0 Å². The van der Waals surface area contributed by atoms with E-state index in [0.717, 1.165) is 12.8 Å². The number of hydrogen-bond donors (Lipinski definition) is 2. The predicted molar refractivity (Wildman–Crippen MR) is 45.2 cm³/mol. The fraction of sp³-hybridized carbons (Fsp3) is 0.750. The zero-order valence-electron chi connectivity index (χ0n) is 7.64. The Morgan fingerprint density at radius 3 is 2.62 bits per heavy atom. The summed E-state index contributed by atoms with van der Waals surface area (Å²) < 4.78 is 0. The lowest BCUT2D eigenvalue weighted by Gasteiger charge is -2.15. The fourth-order valence-corrected chi connectivity index (χ4v) is 1.01. The molecule has 0 aliphatic carbocycles. The molecule has 2 N–H and O–H groups in total. The lowest BCUT2D eigenvalue weighted by molar-refractivity contribution is -0.159. The minimum Gasteiger partial charge on any atom is -0.481 e. The van der Waals surface area contributed by atoms with E-state index in [-0.39, 0.29) is 13.0 Å². The Bertz CT molecular complexity index is 172. The minimum atomic E-state index is -0.977. The van der Waals surface area contributed by atoms with Gasteiger partial charge >= 0.3 is 5.97 Å². The number of amides is 1. The van der Waals surface area contributed by atoms with Gasteiger partial charge in [0.1, 0.15) is 0 Å². The van der Waals surface area contributed by atoms with Crippen molar-refractivity contribution in [3.8, 4) is 0 Å². The Hall–Kier alpha value is -1.10. The van der Waals surface area contributed by atoms with Gasteiger partial charge in [-0.15, -0.1) is 0 Å². The van der Waals surface area contributed by atoms with Crippen molar-refractivity contribution < 1.29 is 19.9 Å². The molecule has 0 aliphatic heterocycles. The molecule has 5 heteroatoms. The molecule has 0 heterocycles. The molecule has 76 valence electrons. The molecule has 0 fully saturated rings. The molecule has 0 spiro atoms. The summed E-state index contributed by atoms with van der Waals surface area (Å²) in [6, 6.07) is 0. The molecule has 13 heavy (non-hydrogen) atoms.